The first-order valence-corrected chi connectivity index (χ1v) is 11.1. The second kappa shape index (κ2) is 11.2. The first-order valence-electron chi connectivity index (χ1n) is 9.49. The summed E-state index contributed by atoms with van der Waals surface area (Å²) in [5.74, 6) is -0.511. The molecule has 0 aliphatic carbocycles. The number of aromatic nitrogens is 1. The monoisotopic (exact) mass is 477 g/mol. The number of nitrogens with one attached hydrogen (secondary N) is 2. The summed E-state index contributed by atoms with van der Waals surface area (Å²) >= 11 is 13.7. The van der Waals surface area contributed by atoms with Gasteiger partial charge >= 0.3 is 0 Å². The van der Waals surface area contributed by atoms with Gasteiger partial charge < -0.3 is 15.4 Å². The van der Waals surface area contributed by atoms with Gasteiger partial charge in [0.2, 0.25) is 5.91 Å². The highest BCUT2D eigenvalue weighted by Crippen LogP contribution is 2.22. The number of hydrogen-bond acceptors (Lipinski definition) is 5. The minimum absolute atomic E-state index is 0.142. The van der Waals surface area contributed by atoms with Gasteiger partial charge in [0.05, 0.1) is 34.3 Å². The molecule has 9 heteroatoms. The Morgan fingerprint density at radius 1 is 1.16 bits per heavy atom. The van der Waals surface area contributed by atoms with Crippen molar-refractivity contribution in [2.24, 2.45) is 0 Å². The van der Waals surface area contributed by atoms with Gasteiger partial charge in [-0.1, -0.05) is 35.3 Å². The highest BCUT2D eigenvalue weighted by Gasteiger charge is 2.13. The number of methoxy groups -OCH3 is 1. The van der Waals surface area contributed by atoms with Gasteiger partial charge in [-0.3, -0.25) is 9.59 Å². The quantitative estimate of drug-likeness (QED) is 0.441. The topological polar surface area (TPSA) is 80.3 Å². The van der Waals surface area contributed by atoms with Gasteiger partial charge in [0.15, 0.2) is 0 Å². The normalized spacial score (nSPS) is 10.7. The summed E-state index contributed by atoms with van der Waals surface area (Å²) < 4.78 is 4.90. The predicted molar refractivity (Wildman–Crippen MR) is 124 cm³/mol. The number of halogens is 2. The van der Waals surface area contributed by atoms with E-state index in [0.717, 1.165) is 10.6 Å². The zero-order valence-corrected chi connectivity index (χ0v) is 19.1. The number of ether oxygens (including phenoxy) is 1. The second-order valence-electron chi connectivity index (χ2n) is 6.71. The zero-order chi connectivity index (χ0) is 22.2. The average molecular weight is 478 g/mol. The molecule has 0 saturated carbocycles. The van der Waals surface area contributed by atoms with Crippen molar-refractivity contribution < 1.29 is 14.3 Å². The molecule has 1 heterocycles. The molecule has 162 valence electrons. The third-order valence-electron chi connectivity index (χ3n) is 4.27. The van der Waals surface area contributed by atoms with E-state index in [0.29, 0.717) is 41.5 Å². The van der Waals surface area contributed by atoms with Crippen molar-refractivity contribution >= 4 is 52.0 Å². The molecule has 0 aliphatic rings. The van der Waals surface area contributed by atoms with Crippen molar-refractivity contribution in [2.45, 2.75) is 12.8 Å². The minimum Gasteiger partial charge on any atom is -0.383 e. The molecule has 31 heavy (non-hydrogen) atoms. The summed E-state index contributed by atoms with van der Waals surface area (Å²) in [6.07, 6.45) is 0.805. The number of benzene rings is 2. The van der Waals surface area contributed by atoms with Crippen LogP contribution < -0.4 is 10.6 Å². The Morgan fingerprint density at radius 3 is 2.74 bits per heavy atom. The highest BCUT2D eigenvalue weighted by molar-refractivity contribution is 7.09. The fraction of sp³-hybridized carbons (Fsp3) is 0.227. The van der Waals surface area contributed by atoms with Gasteiger partial charge in [0.1, 0.15) is 0 Å². The van der Waals surface area contributed by atoms with Crippen LogP contribution in [-0.2, 0) is 22.4 Å². The minimum atomic E-state index is -0.297. The average Bonchev–Trinajstić information content (AvgIpc) is 3.14. The van der Waals surface area contributed by atoms with Gasteiger partial charge in [-0.2, -0.15) is 0 Å². The maximum Gasteiger partial charge on any atom is 0.252 e. The molecule has 3 rings (SSSR count). The largest absolute Gasteiger partial charge is 0.383 e. The van der Waals surface area contributed by atoms with Crippen LogP contribution in [0.2, 0.25) is 10.0 Å². The van der Waals surface area contributed by atoms with Crippen LogP contribution >= 0.6 is 34.5 Å². The number of hydrogen-bond donors (Lipinski definition) is 2. The number of carbonyl (C=O) groups is 2. The molecule has 2 aromatic carbocycles. The van der Waals surface area contributed by atoms with Crippen LogP contribution in [0, 0.1) is 0 Å². The first-order chi connectivity index (χ1) is 14.9. The van der Waals surface area contributed by atoms with Gasteiger partial charge in [-0.25, -0.2) is 4.98 Å². The summed E-state index contributed by atoms with van der Waals surface area (Å²) in [5.41, 5.74) is 2.61. The lowest BCUT2D eigenvalue weighted by Gasteiger charge is -2.09. The molecule has 0 radical (unpaired) electrons. The van der Waals surface area contributed by atoms with E-state index >= 15 is 0 Å². The molecule has 0 unspecified atom stereocenters. The lowest BCUT2D eigenvalue weighted by atomic mass is 10.1. The Bertz CT molecular complexity index is 1070. The molecule has 6 nitrogen and oxygen atoms in total. The maximum absolute atomic E-state index is 12.4. The van der Waals surface area contributed by atoms with Crippen LogP contribution in [0.15, 0.2) is 47.8 Å². The predicted octanol–water partition coefficient (Wildman–Crippen LogP) is 4.60. The third kappa shape index (κ3) is 7.04. The summed E-state index contributed by atoms with van der Waals surface area (Å²) in [6.45, 7) is 0.798. The smallest absolute Gasteiger partial charge is 0.252 e. The number of amides is 2. The summed E-state index contributed by atoms with van der Waals surface area (Å²) in [7, 11) is 1.56. The van der Waals surface area contributed by atoms with Crippen LogP contribution in [0.3, 0.4) is 0 Å². The Kier molecular flexibility index (Phi) is 8.43. The number of nitrogens with zero attached hydrogens (tertiary/aromatic N) is 1. The molecular formula is C22H21Cl2N3O3S. The maximum atomic E-state index is 12.4. The molecule has 2 N–H and O–H groups in total. The van der Waals surface area contributed by atoms with Crippen molar-refractivity contribution in [2.75, 3.05) is 25.6 Å². The molecule has 0 saturated heterocycles. The van der Waals surface area contributed by atoms with E-state index in [2.05, 4.69) is 15.6 Å². The van der Waals surface area contributed by atoms with Gasteiger partial charge in [0.25, 0.3) is 5.91 Å². The van der Waals surface area contributed by atoms with Crippen LogP contribution in [0.1, 0.15) is 26.6 Å². The van der Waals surface area contributed by atoms with E-state index in [9.17, 15) is 9.59 Å². The molecule has 1 aromatic heterocycles. The fourth-order valence-corrected chi connectivity index (χ4v) is 4.15. The van der Waals surface area contributed by atoms with Crippen molar-refractivity contribution in [3.8, 4) is 0 Å². The van der Waals surface area contributed by atoms with Crippen LogP contribution in [-0.4, -0.2) is 37.1 Å². The zero-order valence-electron chi connectivity index (χ0n) is 16.8. The Morgan fingerprint density at radius 2 is 2.00 bits per heavy atom. The van der Waals surface area contributed by atoms with Crippen LogP contribution in [0.4, 0.5) is 5.69 Å². The molecular weight excluding hydrogens is 457 g/mol. The number of carbonyl (C=O) groups excluding carboxylic acids is 2. The lowest BCUT2D eigenvalue weighted by molar-refractivity contribution is -0.115. The van der Waals surface area contributed by atoms with E-state index in [1.54, 1.807) is 25.3 Å². The third-order valence-corrected chi connectivity index (χ3v) is 5.72. The Balaban J connectivity index is 1.55. The highest BCUT2D eigenvalue weighted by atomic mass is 35.5. The van der Waals surface area contributed by atoms with Crippen LogP contribution in [0.25, 0.3) is 0 Å². The number of rotatable bonds is 9. The SMILES string of the molecule is COCCNC(=O)c1ccc(NC(=O)Cc2csc(Cc3cccc(Cl)c3)n2)cc1Cl. The summed E-state index contributed by atoms with van der Waals surface area (Å²) in [6, 6.07) is 12.4. The number of anilines is 1. The van der Waals surface area contributed by atoms with E-state index < -0.39 is 0 Å². The van der Waals surface area contributed by atoms with Crippen molar-refractivity contribution in [1.29, 1.82) is 0 Å². The van der Waals surface area contributed by atoms with E-state index in [1.807, 2.05) is 29.6 Å². The molecule has 0 atom stereocenters. The second-order valence-corrected chi connectivity index (χ2v) is 8.49. The molecule has 0 bridgehead atoms. The van der Waals surface area contributed by atoms with E-state index in [4.69, 9.17) is 27.9 Å². The summed E-state index contributed by atoms with van der Waals surface area (Å²) in [5, 5.41) is 9.22. The van der Waals surface area contributed by atoms with Gasteiger partial charge in [-0.15, -0.1) is 11.3 Å². The van der Waals surface area contributed by atoms with Crippen molar-refractivity contribution in [3.63, 3.8) is 0 Å². The van der Waals surface area contributed by atoms with Gasteiger partial charge in [0, 0.05) is 36.2 Å². The van der Waals surface area contributed by atoms with Gasteiger partial charge in [-0.05, 0) is 35.9 Å². The number of thiazole rings is 1. The molecule has 0 spiro atoms. The first kappa shape index (κ1) is 23.2. The van der Waals surface area contributed by atoms with Crippen molar-refractivity contribution in [3.05, 3.63) is 79.7 Å². The standard InChI is InChI=1S/C22H21Cl2N3O3S/c1-30-8-7-25-22(29)18-6-5-16(11-19(18)24)26-20(28)12-17-13-31-21(27-17)10-14-3-2-4-15(23)9-14/h2-6,9,11,13H,7-8,10,12H2,1H3,(H,25,29)(H,26,28). The van der Waals surface area contributed by atoms with E-state index in [1.165, 1.54) is 11.3 Å². The lowest BCUT2D eigenvalue weighted by Crippen LogP contribution is -2.27. The molecule has 0 aliphatic heterocycles. The molecule has 0 fully saturated rings. The summed E-state index contributed by atoms with van der Waals surface area (Å²) in [4.78, 5) is 29.0. The fourth-order valence-electron chi connectivity index (χ4n) is 2.84. The van der Waals surface area contributed by atoms with E-state index in [-0.39, 0.29) is 23.3 Å². The molecule has 2 amide bonds. The Labute approximate surface area is 194 Å². The van der Waals surface area contributed by atoms with Crippen LogP contribution in [0.5, 0.6) is 0 Å². The Hall–Kier alpha value is -2.45. The van der Waals surface area contributed by atoms with Crippen molar-refractivity contribution in [1.82, 2.24) is 10.3 Å². The molecule has 3 aromatic rings.